The molecule has 8 nitrogen and oxygen atoms in total. The molecule has 1 aromatic heterocycles. The Morgan fingerprint density at radius 2 is 1.89 bits per heavy atom. The Labute approximate surface area is 210 Å². The molecule has 202 valence electrons. The molecule has 4 aliphatic rings. The summed E-state index contributed by atoms with van der Waals surface area (Å²) in [4.78, 5) is 23.6. The van der Waals surface area contributed by atoms with Gasteiger partial charge in [-0.25, -0.2) is 18.0 Å². The Balaban J connectivity index is 1.18. The lowest BCUT2D eigenvalue weighted by Gasteiger charge is -2.53. The number of likely N-dealkylation sites (tertiary alicyclic amines) is 2. The SMILES string of the molecule is CC(C)N(C)C1CN([C@H]2CCCC(F)(F)[C@@H]2NC(=O)N2CCC(C)(c3noc([C@@H]4C[C@@H]4F)n3)CC2)C1. The Morgan fingerprint density at radius 1 is 1.22 bits per heavy atom. The maximum Gasteiger partial charge on any atom is 0.317 e. The molecular weight excluding hydrogens is 473 g/mol. The number of likely N-dealkylation sites (N-methyl/N-ethyl adjacent to an activating group) is 1. The molecule has 1 N–H and O–H groups in total. The van der Waals surface area contributed by atoms with Crippen LogP contribution < -0.4 is 5.32 Å². The van der Waals surface area contributed by atoms with Crippen molar-refractivity contribution in [3.05, 3.63) is 11.7 Å². The Morgan fingerprint density at radius 3 is 2.50 bits per heavy atom. The van der Waals surface area contributed by atoms with Crippen LogP contribution in [-0.4, -0.2) is 100 Å². The lowest BCUT2D eigenvalue weighted by Crippen LogP contribution is -2.70. The molecule has 4 atom stereocenters. The first kappa shape index (κ1) is 25.8. The number of rotatable bonds is 6. The predicted molar refractivity (Wildman–Crippen MR) is 128 cm³/mol. The second-order valence-corrected chi connectivity index (χ2v) is 11.9. The number of hydrogen-bond acceptors (Lipinski definition) is 6. The molecule has 0 spiro atoms. The molecule has 3 heterocycles. The highest BCUT2D eigenvalue weighted by molar-refractivity contribution is 5.75. The van der Waals surface area contributed by atoms with E-state index in [0.29, 0.717) is 69.0 Å². The van der Waals surface area contributed by atoms with E-state index in [1.54, 1.807) is 4.90 Å². The highest BCUT2D eigenvalue weighted by Gasteiger charge is 2.52. The molecule has 4 fully saturated rings. The Hall–Kier alpha value is -1.88. The molecule has 0 aromatic carbocycles. The van der Waals surface area contributed by atoms with Gasteiger partial charge < -0.3 is 14.7 Å². The first-order valence-corrected chi connectivity index (χ1v) is 13.4. The maximum atomic E-state index is 15.1. The molecule has 36 heavy (non-hydrogen) atoms. The fraction of sp³-hybridized carbons (Fsp3) is 0.880. The van der Waals surface area contributed by atoms with E-state index in [1.807, 2.05) is 6.92 Å². The summed E-state index contributed by atoms with van der Waals surface area (Å²) < 4.78 is 48.8. The van der Waals surface area contributed by atoms with E-state index in [9.17, 15) is 9.18 Å². The average Bonchev–Trinajstić information content (AvgIpc) is 3.30. The number of hydrogen-bond donors (Lipinski definition) is 1. The van der Waals surface area contributed by atoms with Crippen molar-refractivity contribution in [3.8, 4) is 0 Å². The largest absolute Gasteiger partial charge is 0.339 e. The molecule has 0 bridgehead atoms. The molecule has 0 radical (unpaired) electrons. The molecule has 11 heteroatoms. The first-order valence-electron chi connectivity index (χ1n) is 13.4. The van der Waals surface area contributed by atoms with Crippen molar-refractivity contribution in [1.82, 2.24) is 30.2 Å². The summed E-state index contributed by atoms with van der Waals surface area (Å²) >= 11 is 0. The van der Waals surface area contributed by atoms with Crippen molar-refractivity contribution < 1.29 is 22.5 Å². The minimum absolute atomic E-state index is 0.198. The predicted octanol–water partition coefficient (Wildman–Crippen LogP) is 3.54. The molecule has 2 aliphatic heterocycles. The van der Waals surface area contributed by atoms with Crippen molar-refractivity contribution in [2.75, 3.05) is 33.2 Å². The third kappa shape index (κ3) is 4.85. The summed E-state index contributed by atoms with van der Waals surface area (Å²) in [5.41, 5.74) is -0.397. The van der Waals surface area contributed by atoms with Gasteiger partial charge in [-0.15, -0.1) is 0 Å². The summed E-state index contributed by atoms with van der Waals surface area (Å²) in [5, 5.41) is 6.82. The van der Waals surface area contributed by atoms with Gasteiger partial charge in [-0.05, 0) is 53.0 Å². The van der Waals surface area contributed by atoms with Gasteiger partial charge in [0.15, 0.2) is 5.82 Å². The third-order valence-corrected chi connectivity index (χ3v) is 9.04. The van der Waals surface area contributed by atoms with Crippen LogP contribution in [0.1, 0.15) is 76.9 Å². The van der Waals surface area contributed by atoms with Crippen LogP contribution in [0.5, 0.6) is 0 Å². The normalized spacial score (nSPS) is 32.5. The van der Waals surface area contributed by atoms with Crippen molar-refractivity contribution in [2.24, 2.45) is 0 Å². The minimum Gasteiger partial charge on any atom is -0.339 e. The number of piperidine rings is 1. The summed E-state index contributed by atoms with van der Waals surface area (Å²) in [6.45, 7) is 8.60. The number of carbonyl (C=O) groups is 1. The zero-order valence-electron chi connectivity index (χ0n) is 21.7. The highest BCUT2D eigenvalue weighted by Crippen LogP contribution is 2.44. The lowest BCUT2D eigenvalue weighted by atomic mass is 9.79. The molecule has 2 saturated heterocycles. The van der Waals surface area contributed by atoms with Crippen molar-refractivity contribution in [3.63, 3.8) is 0 Å². The quantitative estimate of drug-likeness (QED) is 0.628. The van der Waals surface area contributed by atoms with Gasteiger partial charge >= 0.3 is 6.03 Å². The maximum absolute atomic E-state index is 15.1. The van der Waals surface area contributed by atoms with Gasteiger partial charge in [0.2, 0.25) is 5.89 Å². The number of amides is 2. The van der Waals surface area contributed by atoms with Gasteiger partial charge in [-0.3, -0.25) is 9.80 Å². The van der Waals surface area contributed by atoms with Crippen LogP contribution in [0, 0.1) is 0 Å². The van der Waals surface area contributed by atoms with Gasteiger partial charge in [-0.2, -0.15) is 4.98 Å². The van der Waals surface area contributed by atoms with Crippen LogP contribution in [-0.2, 0) is 5.41 Å². The molecule has 1 aromatic rings. The van der Waals surface area contributed by atoms with Gasteiger partial charge in [0.1, 0.15) is 12.2 Å². The van der Waals surface area contributed by atoms with E-state index >= 15 is 8.78 Å². The van der Waals surface area contributed by atoms with E-state index in [1.165, 1.54) is 0 Å². The number of aromatic nitrogens is 2. The average molecular weight is 513 g/mol. The van der Waals surface area contributed by atoms with Crippen LogP contribution >= 0.6 is 0 Å². The summed E-state index contributed by atoms with van der Waals surface area (Å²) in [6.07, 6.45) is 1.62. The molecule has 5 rings (SSSR count). The van der Waals surface area contributed by atoms with Gasteiger partial charge in [0.25, 0.3) is 5.92 Å². The van der Waals surface area contributed by atoms with Crippen LogP contribution in [0.4, 0.5) is 18.0 Å². The summed E-state index contributed by atoms with van der Waals surface area (Å²) in [7, 11) is 2.07. The Kier molecular flexibility index (Phi) is 6.76. The number of nitrogens with zero attached hydrogens (tertiary/aromatic N) is 5. The number of urea groups is 1. The Bertz CT molecular complexity index is 944. The summed E-state index contributed by atoms with van der Waals surface area (Å²) in [6, 6.07) is -1.22. The topological polar surface area (TPSA) is 77.7 Å². The second-order valence-electron chi connectivity index (χ2n) is 11.9. The monoisotopic (exact) mass is 512 g/mol. The van der Waals surface area contributed by atoms with E-state index in [2.05, 4.69) is 46.2 Å². The van der Waals surface area contributed by atoms with Crippen LogP contribution in [0.15, 0.2) is 4.52 Å². The molecule has 0 unspecified atom stereocenters. The molecule has 2 aliphatic carbocycles. The van der Waals surface area contributed by atoms with Gasteiger partial charge in [0.05, 0.1) is 5.92 Å². The number of nitrogens with one attached hydrogen (secondary N) is 1. The van der Waals surface area contributed by atoms with Crippen LogP contribution in [0.25, 0.3) is 0 Å². The van der Waals surface area contributed by atoms with Gasteiger partial charge in [-0.1, -0.05) is 12.1 Å². The fourth-order valence-electron chi connectivity index (χ4n) is 5.89. The van der Waals surface area contributed by atoms with Crippen molar-refractivity contribution in [1.29, 1.82) is 0 Å². The smallest absolute Gasteiger partial charge is 0.317 e. The number of alkyl halides is 3. The highest BCUT2D eigenvalue weighted by atomic mass is 19.3. The molecule has 2 amide bonds. The fourth-order valence-corrected chi connectivity index (χ4v) is 5.89. The van der Waals surface area contributed by atoms with Crippen LogP contribution in [0.3, 0.4) is 0 Å². The van der Waals surface area contributed by atoms with E-state index < -0.39 is 29.6 Å². The zero-order chi connectivity index (χ0) is 25.8. The van der Waals surface area contributed by atoms with E-state index in [-0.39, 0.29) is 18.4 Å². The summed E-state index contributed by atoms with van der Waals surface area (Å²) in [5.74, 6) is -2.35. The minimum atomic E-state index is -2.93. The molecular formula is C25H39F3N6O2. The van der Waals surface area contributed by atoms with E-state index in [4.69, 9.17) is 4.52 Å². The number of carbonyl (C=O) groups excluding carboxylic acids is 1. The first-order chi connectivity index (χ1) is 17.0. The third-order valence-electron chi connectivity index (χ3n) is 9.04. The zero-order valence-corrected chi connectivity index (χ0v) is 21.7. The number of halogens is 3. The lowest BCUT2D eigenvalue weighted by molar-refractivity contribution is -0.112. The second kappa shape index (κ2) is 9.45. The van der Waals surface area contributed by atoms with Crippen molar-refractivity contribution in [2.45, 2.75) is 107 Å². The van der Waals surface area contributed by atoms with Gasteiger partial charge in [0, 0.05) is 56.1 Å². The van der Waals surface area contributed by atoms with E-state index in [0.717, 1.165) is 13.1 Å². The van der Waals surface area contributed by atoms with Crippen molar-refractivity contribution >= 4 is 6.03 Å². The molecule has 2 saturated carbocycles. The standard InChI is InChI=1S/C25H39F3N6O2/c1-15(2)32(4)16-13-34(14-16)19-6-5-7-25(27,28)20(19)29-23(35)33-10-8-24(3,9-11-33)22-30-21(36-31-22)17-12-18(17)26/h15-20H,5-14H2,1-4H3,(H,29,35)/t17-,18+,19+,20-/m1/s1. The van der Waals surface area contributed by atoms with Crippen LogP contribution in [0.2, 0.25) is 0 Å².